The van der Waals surface area contributed by atoms with Gasteiger partial charge in [0.2, 0.25) is 0 Å². The highest BCUT2D eigenvalue weighted by Crippen LogP contribution is 2.40. The molecule has 1 aliphatic heterocycles. The van der Waals surface area contributed by atoms with Gasteiger partial charge in [-0.1, -0.05) is 23.7 Å². The standard InChI is InChI=1S/C25H20ClN3O4/c1-33-17-10-11-22-20(14-17)18-12-13-28(25(30)19-4-2-3-5-21(19)26)24(23(18)27-22)15-6-8-16(9-7-15)29(31)32/h2-11,14,24,27H,12-13H2,1H3/t24-/m1/s1. The Morgan fingerprint density at radius 3 is 2.61 bits per heavy atom. The molecule has 8 heteroatoms. The zero-order chi connectivity index (χ0) is 23.1. The first-order valence-corrected chi connectivity index (χ1v) is 10.8. The van der Waals surface area contributed by atoms with Crippen molar-refractivity contribution < 1.29 is 14.5 Å². The molecule has 7 nitrogen and oxygen atoms in total. The monoisotopic (exact) mass is 461 g/mol. The lowest BCUT2D eigenvalue weighted by Crippen LogP contribution is -2.40. The summed E-state index contributed by atoms with van der Waals surface area (Å²) in [6, 6.07) is 18.7. The number of aromatic nitrogens is 1. The van der Waals surface area contributed by atoms with Crippen LogP contribution < -0.4 is 4.74 Å². The van der Waals surface area contributed by atoms with Gasteiger partial charge in [0.25, 0.3) is 11.6 Å². The highest BCUT2D eigenvalue weighted by atomic mass is 35.5. The fourth-order valence-corrected chi connectivity index (χ4v) is 4.74. The number of carbonyl (C=O) groups is 1. The van der Waals surface area contributed by atoms with Crippen molar-refractivity contribution in [2.24, 2.45) is 0 Å². The molecule has 1 amide bonds. The van der Waals surface area contributed by atoms with Gasteiger partial charge < -0.3 is 14.6 Å². The molecular formula is C25H20ClN3O4. The number of fused-ring (bicyclic) bond motifs is 3. The van der Waals surface area contributed by atoms with Crippen LogP contribution in [0.25, 0.3) is 10.9 Å². The molecule has 2 heterocycles. The number of amides is 1. The minimum absolute atomic E-state index is 0.000136. The number of H-pyrrole nitrogens is 1. The van der Waals surface area contributed by atoms with Crippen molar-refractivity contribution in [1.29, 1.82) is 0 Å². The van der Waals surface area contributed by atoms with Gasteiger partial charge in [-0.05, 0) is 60.0 Å². The highest BCUT2D eigenvalue weighted by molar-refractivity contribution is 6.33. The zero-order valence-corrected chi connectivity index (χ0v) is 18.5. The summed E-state index contributed by atoms with van der Waals surface area (Å²) in [5, 5.41) is 12.6. The maximum Gasteiger partial charge on any atom is 0.269 e. The normalized spacial score (nSPS) is 15.3. The Morgan fingerprint density at radius 1 is 1.15 bits per heavy atom. The molecule has 1 aromatic heterocycles. The molecule has 1 aliphatic rings. The molecule has 166 valence electrons. The number of rotatable bonds is 4. The van der Waals surface area contributed by atoms with Crippen molar-refractivity contribution in [2.75, 3.05) is 13.7 Å². The quantitative estimate of drug-likeness (QED) is 0.320. The number of nitrogens with zero attached hydrogens (tertiary/aromatic N) is 2. The minimum atomic E-state index is -0.447. The minimum Gasteiger partial charge on any atom is -0.497 e. The number of hydrogen-bond acceptors (Lipinski definition) is 4. The lowest BCUT2D eigenvalue weighted by Gasteiger charge is -2.36. The van der Waals surface area contributed by atoms with Crippen LogP contribution in [0.3, 0.4) is 0 Å². The van der Waals surface area contributed by atoms with Gasteiger partial charge in [-0.2, -0.15) is 0 Å². The van der Waals surface area contributed by atoms with E-state index in [1.807, 2.05) is 18.2 Å². The van der Waals surface area contributed by atoms with Crippen LogP contribution in [-0.4, -0.2) is 34.4 Å². The van der Waals surface area contributed by atoms with Crippen LogP contribution in [-0.2, 0) is 6.42 Å². The van der Waals surface area contributed by atoms with Crippen molar-refractivity contribution >= 4 is 34.1 Å². The Bertz CT molecular complexity index is 1380. The second kappa shape index (κ2) is 8.26. The topological polar surface area (TPSA) is 88.5 Å². The summed E-state index contributed by atoms with van der Waals surface area (Å²) in [7, 11) is 1.63. The van der Waals surface area contributed by atoms with Crippen molar-refractivity contribution in [1.82, 2.24) is 9.88 Å². The predicted molar refractivity (Wildman–Crippen MR) is 126 cm³/mol. The third-order valence-corrected chi connectivity index (χ3v) is 6.45. The third-order valence-electron chi connectivity index (χ3n) is 6.12. The summed E-state index contributed by atoms with van der Waals surface area (Å²) in [5.74, 6) is 0.566. The van der Waals surface area contributed by atoms with Crippen LogP contribution in [0.2, 0.25) is 5.02 Å². The van der Waals surface area contributed by atoms with Crippen LogP contribution in [0.4, 0.5) is 5.69 Å². The Labute approximate surface area is 194 Å². The summed E-state index contributed by atoms with van der Waals surface area (Å²) in [6.07, 6.45) is 0.655. The number of nitro benzene ring substituents is 1. The molecule has 0 saturated carbocycles. The van der Waals surface area contributed by atoms with Gasteiger partial charge in [-0.3, -0.25) is 14.9 Å². The molecule has 0 aliphatic carbocycles. The van der Waals surface area contributed by atoms with E-state index in [9.17, 15) is 14.9 Å². The fourth-order valence-electron chi connectivity index (χ4n) is 4.53. The number of methoxy groups -OCH3 is 1. The number of aromatic amines is 1. The number of hydrogen-bond donors (Lipinski definition) is 1. The van der Waals surface area contributed by atoms with E-state index >= 15 is 0 Å². The largest absolute Gasteiger partial charge is 0.497 e. The molecular weight excluding hydrogens is 442 g/mol. The van der Waals surface area contributed by atoms with E-state index in [1.165, 1.54) is 12.1 Å². The molecule has 1 atom stereocenters. The van der Waals surface area contributed by atoms with E-state index in [0.717, 1.165) is 33.5 Å². The number of halogens is 1. The molecule has 4 aromatic rings. The lowest BCUT2D eigenvalue weighted by atomic mass is 9.91. The third kappa shape index (κ3) is 3.60. The number of carbonyl (C=O) groups excluding carboxylic acids is 1. The summed E-state index contributed by atoms with van der Waals surface area (Å²) in [5.41, 5.74) is 4.14. The molecule has 3 aromatic carbocycles. The van der Waals surface area contributed by atoms with Gasteiger partial charge in [0, 0.05) is 35.3 Å². The van der Waals surface area contributed by atoms with Crippen LogP contribution in [0.15, 0.2) is 66.7 Å². The summed E-state index contributed by atoms with van der Waals surface area (Å²) in [4.78, 5) is 29.6. The van der Waals surface area contributed by atoms with Gasteiger partial charge in [-0.25, -0.2) is 0 Å². The number of ether oxygens (including phenoxy) is 1. The lowest BCUT2D eigenvalue weighted by molar-refractivity contribution is -0.384. The molecule has 5 rings (SSSR count). The first-order valence-electron chi connectivity index (χ1n) is 10.5. The van der Waals surface area contributed by atoms with Gasteiger partial charge in [0.15, 0.2) is 0 Å². The van der Waals surface area contributed by atoms with E-state index in [1.54, 1.807) is 48.4 Å². The smallest absolute Gasteiger partial charge is 0.269 e. The predicted octanol–water partition coefficient (Wildman–Crippen LogP) is 5.53. The number of non-ortho nitro benzene ring substituents is 1. The van der Waals surface area contributed by atoms with Crippen LogP contribution in [0.1, 0.15) is 33.2 Å². The van der Waals surface area contributed by atoms with Crippen LogP contribution in [0, 0.1) is 10.1 Å². The molecule has 0 spiro atoms. The first-order chi connectivity index (χ1) is 16.0. The van der Waals surface area contributed by atoms with Crippen molar-refractivity contribution in [3.63, 3.8) is 0 Å². The van der Waals surface area contributed by atoms with Gasteiger partial charge in [-0.15, -0.1) is 0 Å². The summed E-state index contributed by atoms with van der Waals surface area (Å²) in [6.45, 7) is 0.475. The molecule has 0 bridgehead atoms. The van der Waals surface area contributed by atoms with E-state index in [2.05, 4.69) is 4.98 Å². The van der Waals surface area contributed by atoms with E-state index < -0.39 is 11.0 Å². The molecule has 0 unspecified atom stereocenters. The SMILES string of the molecule is COc1ccc2[nH]c3c(c2c1)CCN(C(=O)c1ccccc1Cl)[C@@H]3c1ccc([N+](=O)[O-])cc1. The van der Waals surface area contributed by atoms with Crippen LogP contribution in [0.5, 0.6) is 5.75 Å². The Morgan fingerprint density at radius 2 is 1.91 bits per heavy atom. The molecule has 0 radical (unpaired) electrons. The summed E-state index contributed by atoms with van der Waals surface area (Å²) < 4.78 is 5.40. The zero-order valence-electron chi connectivity index (χ0n) is 17.7. The van der Waals surface area contributed by atoms with Crippen LogP contribution >= 0.6 is 11.6 Å². The summed E-state index contributed by atoms with van der Waals surface area (Å²) >= 11 is 6.34. The molecule has 0 saturated heterocycles. The number of benzene rings is 3. The second-order valence-electron chi connectivity index (χ2n) is 7.91. The highest BCUT2D eigenvalue weighted by Gasteiger charge is 2.35. The number of nitro groups is 1. The van der Waals surface area contributed by atoms with Gasteiger partial charge in [0.1, 0.15) is 5.75 Å². The molecule has 1 N–H and O–H groups in total. The second-order valence-corrected chi connectivity index (χ2v) is 8.32. The first kappa shape index (κ1) is 21.0. The Balaban J connectivity index is 1.67. The molecule has 33 heavy (non-hydrogen) atoms. The van der Waals surface area contributed by atoms with E-state index in [0.29, 0.717) is 23.6 Å². The van der Waals surface area contributed by atoms with Crippen molar-refractivity contribution in [3.05, 3.63) is 104 Å². The van der Waals surface area contributed by atoms with Crippen molar-refractivity contribution in [3.8, 4) is 5.75 Å². The maximum absolute atomic E-state index is 13.6. The van der Waals surface area contributed by atoms with Gasteiger partial charge in [0.05, 0.1) is 28.7 Å². The van der Waals surface area contributed by atoms with E-state index in [-0.39, 0.29) is 11.6 Å². The Hall–Kier alpha value is -3.84. The van der Waals surface area contributed by atoms with Crippen molar-refractivity contribution in [2.45, 2.75) is 12.5 Å². The maximum atomic E-state index is 13.6. The Kier molecular flexibility index (Phi) is 5.26. The average molecular weight is 462 g/mol. The number of nitrogens with one attached hydrogen (secondary N) is 1. The van der Waals surface area contributed by atoms with E-state index in [4.69, 9.17) is 16.3 Å². The average Bonchev–Trinajstić information content (AvgIpc) is 3.21. The fraction of sp³-hybridized carbons (Fsp3) is 0.160. The van der Waals surface area contributed by atoms with Gasteiger partial charge >= 0.3 is 0 Å². The molecule has 0 fully saturated rings.